The molecule has 1 spiro atoms. The topological polar surface area (TPSA) is 93.5 Å². The Morgan fingerprint density at radius 3 is 2.59 bits per heavy atom. The SMILES string of the molecule is O=C(Cn1ccnc1)N1CCC2(CCCCc3ccccc3OCCN(C(=O)c3cnccn3)C2)CC1. The summed E-state index contributed by atoms with van der Waals surface area (Å²) in [6.07, 6.45) is 15.7. The van der Waals surface area contributed by atoms with Gasteiger partial charge in [0.1, 0.15) is 24.6 Å². The monoisotopic (exact) mass is 502 g/mol. The smallest absolute Gasteiger partial charge is 0.274 e. The lowest BCUT2D eigenvalue weighted by Gasteiger charge is -2.45. The van der Waals surface area contributed by atoms with Crippen LogP contribution in [-0.2, 0) is 17.8 Å². The Bertz CT molecular complexity index is 1180. The molecule has 1 fully saturated rings. The van der Waals surface area contributed by atoms with E-state index in [4.69, 9.17) is 4.74 Å². The number of piperidine rings is 1. The number of hydrogen-bond acceptors (Lipinski definition) is 6. The van der Waals surface area contributed by atoms with Gasteiger partial charge in [0.2, 0.25) is 5.91 Å². The first kappa shape index (κ1) is 24.9. The van der Waals surface area contributed by atoms with Gasteiger partial charge in [-0.2, -0.15) is 0 Å². The number of para-hydroxylation sites is 1. The fourth-order valence-corrected chi connectivity index (χ4v) is 5.52. The molecule has 1 saturated heterocycles. The Morgan fingerprint density at radius 1 is 0.946 bits per heavy atom. The van der Waals surface area contributed by atoms with E-state index in [0.29, 0.717) is 45.0 Å². The number of carbonyl (C=O) groups excluding carboxylic acids is 2. The second-order valence-corrected chi connectivity index (χ2v) is 10.1. The van der Waals surface area contributed by atoms with Crippen LogP contribution in [0.5, 0.6) is 5.75 Å². The van der Waals surface area contributed by atoms with E-state index in [2.05, 4.69) is 27.1 Å². The summed E-state index contributed by atoms with van der Waals surface area (Å²) >= 11 is 0. The van der Waals surface area contributed by atoms with Gasteiger partial charge in [0.15, 0.2) is 0 Å². The number of likely N-dealkylation sites (tertiary alicyclic amines) is 1. The first-order valence-electron chi connectivity index (χ1n) is 13.1. The van der Waals surface area contributed by atoms with Crippen LogP contribution in [0.2, 0.25) is 0 Å². The van der Waals surface area contributed by atoms with Crippen LogP contribution in [0.3, 0.4) is 0 Å². The molecular weight excluding hydrogens is 468 g/mol. The molecule has 0 unspecified atom stereocenters. The summed E-state index contributed by atoms with van der Waals surface area (Å²) in [5.41, 5.74) is 1.50. The number of amides is 2. The minimum atomic E-state index is -0.125. The Kier molecular flexibility index (Phi) is 7.77. The number of hydrogen-bond donors (Lipinski definition) is 0. The number of benzene rings is 1. The van der Waals surface area contributed by atoms with Crippen molar-refractivity contribution in [3.05, 3.63) is 72.8 Å². The summed E-state index contributed by atoms with van der Waals surface area (Å²) in [7, 11) is 0. The van der Waals surface area contributed by atoms with Crippen LogP contribution >= 0.6 is 0 Å². The highest BCUT2D eigenvalue weighted by Crippen LogP contribution is 2.38. The van der Waals surface area contributed by atoms with Crippen molar-refractivity contribution >= 4 is 11.8 Å². The highest BCUT2D eigenvalue weighted by molar-refractivity contribution is 5.92. The molecule has 9 nitrogen and oxygen atoms in total. The van der Waals surface area contributed by atoms with Gasteiger partial charge in [-0.25, -0.2) is 9.97 Å². The van der Waals surface area contributed by atoms with E-state index < -0.39 is 0 Å². The van der Waals surface area contributed by atoms with Crippen LogP contribution in [0.25, 0.3) is 0 Å². The van der Waals surface area contributed by atoms with E-state index in [1.807, 2.05) is 32.7 Å². The minimum Gasteiger partial charge on any atom is -0.491 e. The second kappa shape index (κ2) is 11.5. The number of carbonyl (C=O) groups is 2. The van der Waals surface area contributed by atoms with Gasteiger partial charge in [0.25, 0.3) is 5.91 Å². The molecule has 0 N–H and O–H groups in total. The molecule has 4 heterocycles. The lowest BCUT2D eigenvalue weighted by atomic mass is 9.73. The standard InChI is InChI=1S/C28H34N6O3/c35-26(20-32-16-13-30-22-32)33-14-9-28(10-15-33)8-4-3-6-23-5-1-2-7-25(23)37-18-17-34(21-28)27(36)24-19-29-11-12-31-24/h1-2,5,7,11-13,16,19,22H,3-4,6,8-10,14-15,17-18,20-21H2. The van der Waals surface area contributed by atoms with E-state index in [1.54, 1.807) is 24.9 Å². The zero-order valence-electron chi connectivity index (χ0n) is 21.2. The predicted molar refractivity (Wildman–Crippen MR) is 138 cm³/mol. The Morgan fingerprint density at radius 2 is 1.81 bits per heavy atom. The van der Waals surface area contributed by atoms with Gasteiger partial charge in [-0.1, -0.05) is 24.6 Å². The average molecular weight is 503 g/mol. The third-order valence-electron chi connectivity index (χ3n) is 7.64. The minimum absolute atomic E-state index is 0.0532. The van der Waals surface area contributed by atoms with Gasteiger partial charge in [-0.3, -0.25) is 14.6 Å². The normalized spacial score (nSPS) is 18.3. The molecule has 2 amide bonds. The van der Waals surface area contributed by atoms with E-state index >= 15 is 0 Å². The molecule has 0 atom stereocenters. The zero-order valence-corrected chi connectivity index (χ0v) is 21.2. The molecule has 2 aliphatic rings. The molecule has 0 radical (unpaired) electrons. The van der Waals surface area contributed by atoms with Gasteiger partial charge >= 0.3 is 0 Å². The van der Waals surface area contributed by atoms with Crippen molar-refractivity contribution in [3.8, 4) is 5.75 Å². The molecule has 2 aromatic heterocycles. The molecule has 1 aromatic carbocycles. The summed E-state index contributed by atoms with van der Waals surface area (Å²) in [4.78, 5) is 42.7. The number of fused-ring (bicyclic) bond motifs is 1. The fourth-order valence-electron chi connectivity index (χ4n) is 5.52. The van der Waals surface area contributed by atoms with Crippen molar-refractivity contribution in [2.24, 2.45) is 5.41 Å². The summed E-state index contributed by atoms with van der Waals surface area (Å²) in [5, 5.41) is 0. The maximum Gasteiger partial charge on any atom is 0.274 e. The Balaban J connectivity index is 1.33. The highest BCUT2D eigenvalue weighted by atomic mass is 16.5. The fraction of sp³-hybridized carbons (Fsp3) is 0.464. The number of nitrogens with zero attached hydrogens (tertiary/aromatic N) is 6. The van der Waals surface area contributed by atoms with Crippen molar-refractivity contribution in [1.82, 2.24) is 29.3 Å². The molecular formula is C28H34N6O3. The van der Waals surface area contributed by atoms with Gasteiger partial charge < -0.3 is 19.1 Å². The van der Waals surface area contributed by atoms with E-state index in [-0.39, 0.29) is 17.2 Å². The zero-order chi connectivity index (χ0) is 25.5. The summed E-state index contributed by atoms with van der Waals surface area (Å²) in [6, 6.07) is 8.18. The number of rotatable bonds is 3. The van der Waals surface area contributed by atoms with Gasteiger partial charge in [-0.15, -0.1) is 0 Å². The first-order valence-corrected chi connectivity index (χ1v) is 13.1. The van der Waals surface area contributed by atoms with Gasteiger partial charge in [-0.05, 0) is 49.1 Å². The van der Waals surface area contributed by atoms with Crippen molar-refractivity contribution in [2.45, 2.75) is 45.1 Å². The lowest BCUT2D eigenvalue weighted by molar-refractivity contribution is -0.134. The molecule has 37 heavy (non-hydrogen) atoms. The van der Waals surface area contributed by atoms with Crippen molar-refractivity contribution in [3.63, 3.8) is 0 Å². The molecule has 0 bridgehead atoms. The maximum absolute atomic E-state index is 13.5. The van der Waals surface area contributed by atoms with E-state index in [9.17, 15) is 9.59 Å². The highest BCUT2D eigenvalue weighted by Gasteiger charge is 2.38. The molecule has 3 aromatic rings. The largest absolute Gasteiger partial charge is 0.491 e. The van der Waals surface area contributed by atoms with Crippen LogP contribution < -0.4 is 4.74 Å². The third-order valence-corrected chi connectivity index (χ3v) is 7.64. The predicted octanol–water partition coefficient (Wildman–Crippen LogP) is 3.23. The van der Waals surface area contributed by atoms with Crippen molar-refractivity contribution < 1.29 is 14.3 Å². The number of imidazole rings is 1. The quantitative estimate of drug-likeness (QED) is 0.546. The lowest BCUT2D eigenvalue weighted by Crippen LogP contribution is -2.50. The second-order valence-electron chi connectivity index (χ2n) is 10.1. The molecule has 2 aliphatic heterocycles. The van der Waals surface area contributed by atoms with E-state index in [1.165, 1.54) is 11.8 Å². The Hall–Kier alpha value is -3.75. The molecule has 5 rings (SSSR count). The molecule has 9 heteroatoms. The van der Waals surface area contributed by atoms with E-state index in [0.717, 1.165) is 44.3 Å². The van der Waals surface area contributed by atoms with Crippen molar-refractivity contribution in [2.75, 3.05) is 32.8 Å². The molecule has 0 saturated carbocycles. The number of ether oxygens (including phenoxy) is 1. The molecule has 194 valence electrons. The van der Waals surface area contributed by atoms with Crippen LogP contribution in [0.1, 0.15) is 48.2 Å². The number of aromatic nitrogens is 4. The van der Waals surface area contributed by atoms with Gasteiger partial charge in [0, 0.05) is 44.4 Å². The summed E-state index contributed by atoms with van der Waals surface area (Å²) < 4.78 is 7.97. The average Bonchev–Trinajstić information content (AvgIpc) is 3.44. The van der Waals surface area contributed by atoms with Crippen LogP contribution in [0.4, 0.5) is 0 Å². The molecule has 0 aliphatic carbocycles. The van der Waals surface area contributed by atoms with Crippen LogP contribution in [0.15, 0.2) is 61.6 Å². The maximum atomic E-state index is 13.5. The summed E-state index contributed by atoms with van der Waals surface area (Å²) in [5.74, 6) is 0.882. The number of aryl methyl sites for hydroxylation is 1. The van der Waals surface area contributed by atoms with Crippen LogP contribution in [-0.4, -0.2) is 73.9 Å². The van der Waals surface area contributed by atoms with Gasteiger partial charge in [0.05, 0.1) is 19.1 Å². The van der Waals surface area contributed by atoms with Crippen LogP contribution in [0, 0.1) is 5.41 Å². The first-order chi connectivity index (χ1) is 18.1. The summed E-state index contributed by atoms with van der Waals surface area (Å²) in [6.45, 7) is 3.20. The van der Waals surface area contributed by atoms with Crippen molar-refractivity contribution in [1.29, 1.82) is 0 Å². The Labute approximate surface area is 217 Å². The third kappa shape index (κ3) is 6.15.